The minimum atomic E-state index is -1.52. The van der Waals surface area contributed by atoms with Crippen LogP contribution in [0, 0.1) is 0 Å². The molecule has 0 radical (unpaired) electrons. The highest BCUT2D eigenvalue weighted by atomic mass is 16.5. The van der Waals surface area contributed by atoms with E-state index in [1.54, 1.807) is 37.4 Å². The molecule has 0 aliphatic carbocycles. The predicted molar refractivity (Wildman–Crippen MR) is 84.6 cm³/mol. The van der Waals surface area contributed by atoms with Crippen molar-refractivity contribution in [1.82, 2.24) is 9.99 Å². The van der Waals surface area contributed by atoms with Crippen LogP contribution >= 0.6 is 0 Å². The van der Waals surface area contributed by atoms with E-state index in [2.05, 4.69) is 10.1 Å². The molecule has 1 aromatic carbocycles. The molecular weight excluding hydrogens is 294 g/mol. The van der Waals surface area contributed by atoms with Gasteiger partial charge in [-0.15, -0.1) is 0 Å². The van der Waals surface area contributed by atoms with E-state index in [4.69, 9.17) is 4.74 Å². The highest BCUT2D eigenvalue weighted by Gasteiger charge is 2.45. The third-order valence-corrected chi connectivity index (χ3v) is 3.59. The highest BCUT2D eigenvalue weighted by Crippen LogP contribution is 2.34. The Balaban J connectivity index is 1.77. The van der Waals surface area contributed by atoms with Crippen molar-refractivity contribution in [2.45, 2.75) is 19.1 Å². The fourth-order valence-electron chi connectivity index (χ4n) is 2.53. The van der Waals surface area contributed by atoms with Crippen LogP contribution in [0.1, 0.15) is 18.9 Å². The molecule has 23 heavy (non-hydrogen) atoms. The SMILES string of the molecule is CC1=NN(C(=O)COc2ccccc2)[C@@](O)(c2cccnc2)C1. The van der Waals surface area contributed by atoms with Gasteiger partial charge in [0, 0.05) is 30.1 Å². The average molecular weight is 311 g/mol. The quantitative estimate of drug-likeness (QED) is 0.936. The highest BCUT2D eigenvalue weighted by molar-refractivity contribution is 5.89. The van der Waals surface area contributed by atoms with E-state index in [1.807, 2.05) is 18.2 Å². The van der Waals surface area contributed by atoms with Crippen molar-refractivity contribution >= 4 is 11.6 Å². The fraction of sp³-hybridized carbons (Fsp3) is 0.235. The minimum absolute atomic E-state index is 0.205. The molecule has 0 saturated heterocycles. The molecule has 2 heterocycles. The smallest absolute Gasteiger partial charge is 0.283 e. The van der Waals surface area contributed by atoms with Gasteiger partial charge < -0.3 is 9.84 Å². The van der Waals surface area contributed by atoms with Crippen molar-refractivity contribution in [3.63, 3.8) is 0 Å². The number of para-hydroxylation sites is 1. The van der Waals surface area contributed by atoms with E-state index in [0.29, 0.717) is 17.0 Å². The van der Waals surface area contributed by atoms with Gasteiger partial charge >= 0.3 is 0 Å². The van der Waals surface area contributed by atoms with E-state index >= 15 is 0 Å². The molecule has 0 saturated carbocycles. The fourth-order valence-corrected chi connectivity index (χ4v) is 2.53. The first-order valence-electron chi connectivity index (χ1n) is 7.27. The minimum Gasteiger partial charge on any atom is -0.484 e. The first-order chi connectivity index (χ1) is 11.1. The number of carbonyl (C=O) groups excluding carboxylic acids is 1. The van der Waals surface area contributed by atoms with Gasteiger partial charge in [0.2, 0.25) is 0 Å². The summed E-state index contributed by atoms with van der Waals surface area (Å²) in [5, 5.41) is 16.2. The normalized spacial score (nSPS) is 20.3. The van der Waals surface area contributed by atoms with Gasteiger partial charge in [-0.25, -0.2) is 0 Å². The first-order valence-corrected chi connectivity index (χ1v) is 7.27. The number of carbonyl (C=O) groups is 1. The lowest BCUT2D eigenvalue weighted by atomic mass is 9.99. The van der Waals surface area contributed by atoms with Gasteiger partial charge in [-0.1, -0.05) is 24.3 Å². The third-order valence-electron chi connectivity index (χ3n) is 3.59. The summed E-state index contributed by atoms with van der Waals surface area (Å²) in [5.74, 6) is 0.169. The van der Waals surface area contributed by atoms with E-state index in [0.717, 1.165) is 5.01 Å². The number of hydrazone groups is 1. The number of benzene rings is 1. The average Bonchev–Trinajstić information content (AvgIpc) is 2.90. The van der Waals surface area contributed by atoms with Crippen molar-refractivity contribution in [1.29, 1.82) is 0 Å². The first kappa shape index (κ1) is 15.2. The molecule has 6 nitrogen and oxygen atoms in total. The largest absolute Gasteiger partial charge is 0.484 e. The number of ether oxygens (including phenoxy) is 1. The monoisotopic (exact) mass is 311 g/mol. The number of aromatic nitrogens is 1. The number of pyridine rings is 1. The number of rotatable bonds is 4. The summed E-state index contributed by atoms with van der Waals surface area (Å²) in [7, 11) is 0. The molecule has 3 rings (SSSR count). The Morgan fingerprint density at radius 1 is 1.30 bits per heavy atom. The zero-order valence-corrected chi connectivity index (χ0v) is 12.7. The van der Waals surface area contributed by atoms with Gasteiger partial charge in [0.1, 0.15) is 5.75 Å². The van der Waals surface area contributed by atoms with Crippen LogP contribution in [-0.2, 0) is 10.5 Å². The Hall–Kier alpha value is -2.73. The number of hydrogen-bond donors (Lipinski definition) is 1. The Morgan fingerprint density at radius 2 is 2.09 bits per heavy atom. The maximum Gasteiger partial charge on any atom is 0.283 e. The lowest BCUT2D eigenvalue weighted by Gasteiger charge is -2.31. The summed E-state index contributed by atoms with van der Waals surface area (Å²) in [4.78, 5) is 16.5. The van der Waals surface area contributed by atoms with E-state index in [9.17, 15) is 9.90 Å². The summed E-state index contributed by atoms with van der Waals surface area (Å²) < 4.78 is 5.46. The molecule has 0 bridgehead atoms. The molecule has 0 fully saturated rings. The molecule has 0 unspecified atom stereocenters. The number of amides is 1. The van der Waals surface area contributed by atoms with Gasteiger partial charge in [0.05, 0.1) is 0 Å². The summed E-state index contributed by atoms with van der Waals surface area (Å²) in [6.07, 6.45) is 3.39. The maximum atomic E-state index is 12.5. The van der Waals surface area contributed by atoms with E-state index in [1.165, 1.54) is 6.20 Å². The van der Waals surface area contributed by atoms with Gasteiger partial charge in [-0.05, 0) is 25.1 Å². The summed E-state index contributed by atoms with van der Waals surface area (Å²) in [6.45, 7) is 1.57. The van der Waals surface area contributed by atoms with Crippen molar-refractivity contribution in [2.24, 2.45) is 5.10 Å². The Kier molecular flexibility index (Phi) is 4.08. The van der Waals surface area contributed by atoms with Gasteiger partial charge in [-0.3, -0.25) is 9.78 Å². The number of aliphatic hydroxyl groups is 1. The summed E-state index contributed by atoms with van der Waals surface area (Å²) in [5.41, 5.74) is -0.326. The summed E-state index contributed by atoms with van der Waals surface area (Å²) in [6, 6.07) is 12.5. The molecule has 2 aromatic rings. The van der Waals surface area contributed by atoms with Crippen LogP contribution in [-0.4, -0.2) is 33.3 Å². The molecule has 1 N–H and O–H groups in total. The lowest BCUT2D eigenvalue weighted by Crippen LogP contribution is -2.45. The molecule has 1 aliphatic rings. The van der Waals surface area contributed by atoms with Crippen molar-refractivity contribution < 1.29 is 14.6 Å². The molecule has 6 heteroatoms. The molecule has 118 valence electrons. The van der Waals surface area contributed by atoms with Crippen molar-refractivity contribution in [3.05, 3.63) is 60.4 Å². The van der Waals surface area contributed by atoms with Crippen LogP contribution in [0.4, 0.5) is 0 Å². The maximum absolute atomic E-state index is 12.5. The van der Waals surface area contributed by atoms with Crippen molar-refractivity contribution in [2.75, 3.05) is 6.61 Å². The Bertz CT molecular complexity index is 718. The molecular formula is C17H17N3O3. The van der Waals surface area contributed by atoms with E-state index in [-0.39, 0.29) is 13.0 Å². The second-order valence-electron chi connectivity index (χ2n) is 5.38. The summed E-state index contributed by atoms with van der Waals surface area (Å²) >= 11 is 0. The zero-order chi connectivity index (χ0) is 16.3. The lowest BCUT2D eigenvalue weighted by molar-refractivity contribution is -0.159. The molecule has 1 amide bonds. The van der Waals surface area contributed by atoms with Crippen LogP contribution in [0.5, 0.6) is 5.75 Å². The molecule has 1 atom stereocenters. The van der Waals surface area contributed by atoms with Crippen LogP contribution in [0.3, 0.4) is 0 Å². The van der Waals surface area contributed by atoms with Crippen LogP contribution < -0.4 is 4.74 Å². The molecule has 1 aromatic heterocycles. The van der Waals surface area contributed by atoms with Crippen LogP contribution in [0.15, 0.2) is 60.0 Å². The van der Waals surface area contributed by atoms with Gasteiger partial charge in [-0.2, -0.15) is 10.1 Å². The molecule has 0 spiro atoms. The van der Waals surface area contributed by atoms with Crippen LogP contribution in [0.25, 0.3) is 0 Å². The Labute approximate surface area is 134 Å². The number of nitrogens with zero attached hydrogens (tertiary/aromatic N) is 3. The number of hydrogen-bond acceptors (Lipinski definition) is 5. The van der Waals surface area contributed by atoms with Crippen molar-refractivity contribution in [3.8, 4) is 5.75 Å². The topological polar surface area (TPSA) is 75.0 Å². The van der Waals surface area contributed by atoms with E-state index < -0.39 is 11.6 Å². The van der Waals surface area contributed by atoms with Gasteiger partial charge in [0.25, 0.3) is 5.91 Å². The third kappa shape index (κ3) is 3.07. The zero-order valence-electron chi connectivity index (χ0n) is 12.7. The standard InChI is InChI=1S/C17H17N3O3/c1-13-10-17(22,14-6-5-9-18-11-14)20(19-13)16(21)12-23-15-7-3-2-4-8-15/h2-9,11,22H,10,12H2,1H3/t17-/m0/s1. The predicted octanol–water partition coefficient (Wildman–Crippen LogP) is 1.91. The van der Waals surface area contributed by atoms with Crippen LogP contribution in [0.2, 0.25) is 0 Å². The Morgan fingerprint density at radius 3 is 2.78 bits per heavy atom. The second-order valence-corrected chi connectivity index (χ2v) is 5.38. The second kappa shape index (κ2) is 6.18. The molecule has 1 aliphatic heterocycles. The van der Waals surface area contributed by atoms with Gasteiger partial charge in [0.15, 0.2) is 12.3 Å².